The van der Waals surface area contributed by atoms with Gasteiger partial charge < -0.3 is 9.47 Å². The van der Waals surface area contributed by atoms with Crippen LogP contribution in [0.2, 0.25) is 0 Å². The van der Waals surface area contributed by atoms with Crippen molar-refractivity contribution in [2.24, 2.45) is 5.10 Å². The third-order valence-electron chi connectivity index (χ3n) is 4.19. The average molecular weight is 429 g/mol. The van der Waals surface area contributed by atoms with Gasteiger partial charge in [-0.15, -0.1) is 0 Å². The second-order valence-electron chi connectivity index (χ2n) is 6.16. The maximum absolute atomic E-state index is 12.9. The maximum atomic E-state index is 12.9. The van der Waals surface area contributed by atoms with E-state index in [9.17, 15) is 4.79 Å². The summed E-state index contributed by atoms with van der Waals surface area (Å²) in [5.74, 6) is 1.11. The zero-order valence-electron chi connectivity index (χ0n) is 15.7. The van der Waals surface area contributed by atoms with Crippen molar-refractivity contribution in [1.82, 2.24) is 0 Å². The van der Waals surface area contributed by atoms with Crippen LogP contribution < -0.4 is 14.5 Å². The molecule has 0 atom stereocenters. The molecule has 140 valence electrons. The summed E-state index contributed by atoms with van der Waals surface area (Å²) in [7, 11) is 1.60. The van der Waals surface area contributed by atoms with Crippen LogP contribution in [0.15, 0.2) is 51.5 Å². The molecule has 2 aromatic carbocycles. The Kier molecular flexibility index (Phi) is 5.65. The van der Waals surface area contributed by atoms with Crippen LogP contribution in [-0.2, 0) is 4.79 Å². The number of nitrogens with zero attached hydrogens (tertiary/aromatic N) is 2. The van der Waals surface area contributed by atoms with Gasteiger partial charge in [-0.3, -0.25) is 4.79 Å². The summed E-state index contributed by atoms with van der Waals surface area (Å²) in [4.78, 5) is 12.9. The van der Waals surface area contributed by atoms with Crippen molar-refractivity contribution in [2.75, 3.05) is 18.7 Å². The minimum atomic E-state index is -0.154. The van der Waals surface area contributed by atoms with Gasteiger partial charge in [0.05, 0.1) is 30.7 Å². The van der Waals surface area contributed by atoms with E-state index in [4.69, 9.17) is 9.47 Å². The smallest absolute Gasteiger partial charge is 0.280 e. The first-order valence-electron chi connectivity index (χ1n) is 8.63. The van der Waals surface area contributed by atoms with Gasteiger partial charge >= 0.3 is 0 Å². The summed E-state index contributed by atoms with van der Waals surface area (Å²) in [6, 6.07) is 11.4. The summed E-state index contributed by atoms with van der Waals surface area (Å²) in [5, 5.41) is 5.88. The number of amides is 1. The van der Waals surface area contributed by atoms with Crippen molar-refractivity contribution < 1.29 is 14.3 Å². The summed E-state index contributed by atoms with van der Waals surface area (Å²) in [5.41, 5.74) is 3.87. The van der Waals surface area contributed by atoms with Gasteiger partial charge in [-0.2, -0.15) is 10.1 Å². The van der Waals surface area contributed by atoms with Crippen molar-refractivity contribution in [3.8, 4) is 11.5 Å². The molecule has 5 nitrogen and oxygen atoms in total. The number of hydrogen-bond donors (Lipinski definition) is 0. The second-order valence-corrected chi connectivity index (χ2v) is 7.01. The number of methoxy groups -OCH3 is 1. The van der Waals surface area contributed by atoms with Crippen molar-refractivity contribution in [2.45, 2.75) is 20.8 Å². The Labute approximate surface area is 167 Å². The molecule has 0 fully saturated rings. The van der Waals surface area contributed by atoms with Gasteiger partial charge in [0, 0.05) is 4.47 Å². The Balaban J connectivity index is 1.99. The summed E-state index contributed by atoms with van der Waals surface area (Å²) < 4.78 is 11.8. The number of rotatable bonds is 5. The van der Waals surface area contributed by atoms with Crippen LogP contribution in [0, 0.1) is 6.92 Å². The standard InChI is InChI=1S/C21H21BrN2O3/c1-5-27-20-11-15(18(22)12-19(20)26-4)10-17-14(3)23-24(21(17)25)16-8-6-7-13(2)9-16/h6-12H,5H2,1-4H3/b17-10-. The molecule has 3 rings (SSSR count). The molecule has 0 spiro atoms. The molecular weight excluding hydrogens is 408 g/mol. The monoisotopic (exact) mass is 428 g/mol. The molecule has 0 bridgehead atoms. The minimum Gasteiger partial charge on any atom is -0.493 e. The lowest BCUT2D eigenvalue weighted by molar-refractivity contribution is -0.114. The van der Waals surface area contributed by atoms with Crippen LogP contribution >= 0.6 is 15.9 Å². The lowest BCUT2D eigenvalue weighted by Gasteiger charge is -2.13. The lowest BCUT2D eigenvalue weighted by atomic mass is 10.1. The molecule has 0 unspecified atom stereocenters. The third-order valence-corrected chi connectivity index (χ3v) is 4.88. The Hall–Kier alpha value is -2.60. The summed E-state index contributed by atoms with van der Waals surface area (Å²) in [6.45, 7) is 6.26. The quantitative estimate of drug-likeness (QED) is 0.631. The van der Waals surface area contributed by atoms with Crippen LogP contribution in [-0.4, -0.2) is 25.3 Å². The van der Waals surface area contributed by atoms with Crippen LogP contribution in [0.5, 0.6) is 11.5 Å². The van der Waals surface area contributed by atoms with E-state index in [1.165, 1.54) is 5.01 Å². The highest BCUT2D eigenvalue weighted by atomic mass is 79.9. The van der Waals surface area contributed by atoms with E-state index in [1.54, 1.807) is 7.11 Å². The van der Waals surface area contributed by atoms with E-state index < -0.39 is 0 Å². The van der Waals surface area contributed by atoms with Gasteiger partial charge in [0.25, 0.3) is 5.91 Å². The van der Waals surface area contributed by atoms with Gasteiger partial charge in [-0.1, -0.05) is 28.1 Å². The van der Waals surface area contributed by atoms with E-state index >= 15 is 0 Å². The third kappa shape index (κ3) is 3.90. The molecule has 1 aliphatic heterocycles. The average Bonchev–Trinajstić information content (AvgIpc) is 2.92. The fraction of sp³-hybridized carbons (Fsp3) is 0.238. The maximum Gasteiger partial charge on any atom is 0.280 e. The number of carbonyl (C=O) groups is 1. The molecule has 0 aromatic heterocycles. The second kappa shape index (κ2) is 7.96. The normalized spacial score (nSPS) is 15.3. The Morgan fingerprint density at radius 1 is 1.19 bits per heavy atom. The molecule has 1 heterocycles. The highest BCUT2D eigenvalue weighted by molar-refractivity contribution is 9.10. The molecule has 0 saturated heterocycles. The van der Waals surface area contributed by atoms with E-state index in [0.29, 0.717) is 29.4 Å². The Morgan fingerprint density at radius 3 is 2.63 bits per heavy atom. The molecule has 0 radical (unpaired) electrons. The van der Waals surface area contributed by atoms with E-state index in [-0.39, 0.29) is 5.91 Å². The Bertz CT molecular complexity index is 950. The molecule has 0 saturated carbocycles. The topological polar surface area (TPSA) is 51.1 Å². The number of ether oxygens (including phenoxy) is 2. The van der Waals surface area contributed by atoms with Gasteiger partial charge in [0.1, 0.15) is 0 Å². The fourth-order valence-electron chi connectivity index (χ4n) is 2.86. The van der Waals surface area contributed by atoms with E-state index in [2.05, 4.69) is 21.0 Å². The highest BCUT2D eigenvalue weighted by Gasteiger charge is 2.29. The number of hydrogen-bond acceptors (Lipinski definition) is 4. The number of halogens is 1. The largest absolute Gasteiger partial charge is 0.493 e. The number of benzene rings is 2. The van der Waals surface area contributed by atoms with Gasteiger partial charge in [-0.25, -0.2) is 0 Å². The number of anilines is 1. The van der Waals surface area contributed by atoms with Crippen LogP contribution in [0.4, 0.5) is 5.69 Å². The molecule has 1 amide bonds. The zero-order chi connectivity index (χ0) is 19.6. The fourth-order valence-corrected chi connectivity index (χ4v) is 3.30. The predicted octanol–water partition coefficient (Wildman–Crippen LogP) is 4.97. The molecule has 0 aliphatic carbocycles. The van der Waals surface area contributed by atoms with Crippen LogP contribution in [0.3, 0.4) is 0 Å². The van der Waals surface area contributed by atoms with Crippen LogP contribution in [0.25, 0.3) is 6.08 Å². The molecule has 6 heteroatoms. The SMILES string of the molecule is CCOc1cc(/C=C2\C(=O)N(c3cccc(C)c3)N=C2C)c(Br)cc1OC. The first kappa shape index (κ1) is 19.2. The van der Waals surface area contributed by atoms with E-state index in [1.807, 2.05) is 63.2 Å². The summed E-state index contributed by atoms with van der Waals surface area (Å²) >= 11 is 3.55. The number of aryl methyl sites for hydroxylation is 1. The number of hydrazone groups is 1. The van der Waals surface area contributed by atoms with Crippen molar-refractivity contribution in [1.29, 1.82) is 0 Å². The molecule has 27 heavy (non-hydrogen) atoms. The minimum absolute atomic E-state index is 0.154. The summed E-state index contributed by atoms with van der Waals surface area (Å²) in [6.07, 6.45) is 1.82. The first-order valence-corrected chi connectivity index (χ1v) is 9.42. The van der Waals surface area contributed by atoms with Crippen molar-refractivity contribution in [3.05, 3.63) is 57.6 Å². The van der Waals surface area contributed by atoms with Crippen molar-refractivity contribution in [3.63, 3.8) is 0 Å². The predicted molar refractivity (Wildman–Crippen MR) is 112 cm³/mol. The number of carbonyl (C=O) groups excluding carboxylic acids is 1. The van der Waals surface area contributed by atoms with Gasteiger partial charge in [0.2, 0.25) is 0 Å². The van der Waals surface area contributed by atoms with Crippen molar-refractivity contribution >= 4 is 39.3 Å². The Morgan fingerprint density at radius 2 is 1.96 bits per heavy atom. The first-order chi connectivity index (χ1) is 12.9. The van der Waals surface area contributed by atoms with Crippen LogP contribution in [0.1, 0.15) is 25.0 Å². The van der Waals surface area contributed by atoms with E-state index in [0.717, 1.165) is 21.3 Å². The lowest BCUT2D eigenvalue weighted by Crippen LogP contribution is -2.21. The molecule has 1 aliphatic rings. The highest BCUT2D eigenvalue weighted by Crippen LogP contribution is 2.35. The molecule has 0 N–H and O–H groups in total. The molecule has 2 aromatic rings. The van der Waals surface area contributed by atoms with Gasteiger partial charge in [-0.05, 0) is 62.2 Å². The molecular formula is C21H21BrN2O3. The van der Waals surface area contributed by atoms with Gasteiger partial charge in [0.15, 0.2) is 11.5 Å². The zero-order valence-corrected chi connectivity index (χ0v) is 17.3.